The second-order valence-electron chi connectivity index (χ2n) is 4.33. The first-order valence-corrected chi connectivity index (χ1v) is 5.56. The van der Waals surface area contributed by atoms with Gasteiger partial charge in [0.2, 0.25) is 5.91 Å². The lowest BCUT2D eigenvalue weighted by Crippen LogP contribution is -2.56. The highest BCUT2D eigenvalue weighted by molar-refractivity contribution is 5.87. The fourth-order valence-electron chi connectivity index (χ4n) is 2.17. The van der Waals surface area contributed by atoms with Gasteiger partial charge >= 0.3 is 5.97 Å². The second-order valence-corrected chi connectivity index (χ2v) is 4.33. The van der Waals surface area contributed by atoms with E-state index in [9.17, 15) is 14.7 Å². The van der Waals surface area contributed by atoms with Gasteiger partial charge in [0.15, 0.2) is 0 Å². The molecule has 4 nitrogen and oxygen atoms in total. The summed E-state index contributed by atoms with van der Waals surface area (Å²) >= 11 is 0. The van der Waals surface area contributed by atoms with Crippen LogP contribution in [0.4, 0.5) is 0 Å². The van der Waals surface area contributed by atoms with Gasteiger partial charge in [-0.05, 0) is 26.2 Å². The summed E-state index contributed by atoms with van der Waals surface area (Å²) in [6, 6.07) is 0. The normalized spacial score (nSPS) is 21.2. The number of aliphatic carboxylic acids is 1. The molecule has 0 aliphatic carbocycles. The van der Waals surface area contributed by atoms with E-state index in [1.54, 1.807) is 11.8 Å². The van der Waals surface area contributed by atoms with Crippen molar-refractivity contribution in [3.63, 3.8) is 0 Å². The molecule has 4 heteroatoms. The van der Waals surface area contributed by atoms with Crippen LogP contribution < -0.4 is 0 Å². The molecule has 0 aromatic carbocycles. The van der Waals surface area contributed by atoms with Gasteiger partial charge in [0.05, 0.1) is 0 Å². The molecule has 1 amide bonds. The van der Waals surface area contributed by atoms with Crippen LogP contribution in [-0.2, 0) is 9.59 Å². The van der Waals surface area contributed by atoms with Gasteiger partial charge in [0.25, 0.3) is 0 Å². The fraction of sp³-hybridized carbons (Fsp3) is 0.818. The average molecular weight is 213 g/mol. The van der Waals surface area contributed by atoms with Crippen LogP contribution in [0.3, 0.4) is 0 Å². The molecule has 1 heterocycles. The zero-order chi connectivity index (χ0) is 11.5. The quantitative estimate of drug-likeness (QED) is 0.772. The Bertz CT molecular complexity index is 265. The summed E-state index contributed by atoms with van der Waals surface area (Å²) in [5.41, 5.74) is -1.01. The van der Waals surface area contributed by atoms with E-state index < -0.39 is 11.5 Å². The summed E-state index contributed by atoms with van der Waals surface area (Å²) in [4.78, 5) is 24.5. The zero-order valence-electron chi connectivity index (χ0n) is 9.45. The molecule has 0 aromatic heterocycles. The zero-order valence-corrected chi connectivity index (χ0v) is 9.45. The van der Waals surface area contributed by atoms with Crippen LogP contribution in [0.5, 0.6) is 0 Å². The van der Waals surface area contributed by atoms with Gasteiger partial charge in [-0.3, -0.25) is 4.79 Å². The minimum absolute atomic E-state index is 0.0143. The number of carbonyl (C=O) groups is 2. The summed E-state index contributed by atoms with van der Waals surface area (Å²) in [5, 5.41) is 9.24. The van der Waals surface area contributed by atoms with Crippen molar-refractivity contribution in [2.75, 3.05) is 6.54 Å². The smallest absolute Gasteiger partial charge is 0.329 e. The molecule has 86 valence electrons. The molecule has 1 atom stereocenters. The molecule has 1 N–H and O–H groups in total. The molecule has 15 heavy (non-hydrogen) atoms. The molecular weight excluding hydrogens is 194 g/mol. The van der Waals surface area contributed by atoms with Gasteiger partial charge in [-0.15, -0.1) is 0 Å². The summed E-state index contributed by atoms with van der Waals surface area (Å²) in [6.07, 6.45) is 3.59. The topological polar surface area (TPSA) is 57.6 Å². The van der Waals surface area contributed by atoms with Crippen LogP contribution in [0.2, 0.25) is 0 Å². The Balaban J connectivity index is 2.87. The second kappa shape index (κ2) is 4.64. The molecule has 0 aromatic rings. The molecule has 1 aliphatic heterocycles. The first kappa shape index (κ1) is 12.0. The third-order valence-electron chi connectivity index (χ3n) is 3.12. The SMILES string of the molecule is CCCC(C)(C(=O)O)N1CCCCC1=O. The predicted octanol–water partition coefficient (Wildman–Crippen LogP) is 1.64. The number of rotatable bonds is 4. The van der Waals surface area contributed by atoms with Crippen LogP contribution in [-0.4, -0.2) is 34.0 Å². The molecule has 1 aliphatic rings. The maximum absolute atomic E-state index is 11.7. The largest absolute Gasteiger partial charge is 0.480 e. The van der Waals surface area contributed by atoms with Gasteiger partial charge in [-0.1, -0.05) is 13.3 Å². The highest BCUT2D eigenvalue weighted by Crippen LogP contribution is 2.26. The van der Waals surface area contributed by atoms with Crippen LogP contribution >= 0.6 is 0 Å². The Kier molecular flexibility index (Phi) is 3.72. The number of hydrogen-bond acceptors (Lipinski definition) is 2. The number of likely N-dealkylation sites (tertiary alicyclic amines) is 1. The Morgan fingerprint density at radius 1 is 1.53 bits per heavy atom. The van der Waals surface area contributed by atoms with E-state index in [1.165, 1.54) is 0 Å². The number of carbonyl (C=O) groups excluding carboxylic acids is 1. The van der Waals surface area contributed by atoms with E-state index in [0.717, 1.165) is 19.3 Å². The van der Waals surface area contributed by atoms with E-state index in [0.29, 0.717) is 19.4 Å². The van der Waals surface area contributed by atoms with E-state index in [1.807, 2.05) is 6.92 Å². The Morgan fingerprint density at radius 2 is 2.20 bits per heavy atom. The van der Waals surface area contributed by atoms with Crippen molar-refractivity contribution in [2.45, 2.75) is 51.5 Å². The van der Waals surface area contributed by atoms with Crippen molar-refractivity contribution in [1.82, 2.24) is 4.90 Å². The third kappa shape index (κ3) is 2.30. The number of carboxylic acids is 1. The first-order chi connectivity index (χ1) is 7.02. The summed E-state index contributed by atoms with van der Waals surface area (Å²) < 4.78 is 0. The molecule has 0 radical (unpaired) electrons. The highest BCUT2D eigenvalue weighted by Gasteiger charge is 2.41. The molecule has 1 unspecified atom stereocenters. The maximum Gasteiger partial charge on any atom is 0.329 e. The lowest BCUT2D eigenvalue weighted by atomic mass is 9.91. The Labute approximate surface area is 90.3 Å². The first-order valence-electron chi connectivity index (χ1n) is 5.56. The lowest BCUT2D eigenvalue weighted by Gasteiger charge is -2.40. The van der Waals surface area contributed by atoms with Gasteiger partial charge in [-0.2, -0.15) is 0 Å². The summed E-state index contributed by atoms with van der Waals surface area (Å²) in [6.45, 7) is 4.18. The van der Waals surface area contributed by atoms with Crippen LogP contribution in [0.15, 0.2) is 0 Å². The van der Waals surface area contributed by atoms with Gasteiger partial charge < -0.3 is 10.0 Å². The minimum Gasteiger partial charge on any atom is -0.480 e. The molecule has 0 bridgehead atoms. The Morgan fingerprint density at radius 3 is 2.67 bits per heavy atom. The number of nitrogens with zero attached hydrogens (tertiary/aromatic N) is 1. The third-order valence-corrected chi connectivity index (χ3v) is 3.12. The summed E-state index contributed by atoms with van der Waals surface area (Å²) in [7, 11) is 0. The predicted molar refractivity (Wildman–Crippen MR) is 56.5 cm³/mol. The van der Waals surface area contributed by atoms with Gasteiger partial charge in [0.1, 0.15) is 5.54 Å². The maximum atomic E-state index is 11.7. The fourth-order valence-corrected chi connectivity index (χ4v) is 2.17. The van der Waals surface area contributed by atoms with Crippen LogP contribution in [0.25, 0.3) is 0 Å². The van der Waals surface area contributed by atoms with Crippen LogP contribution in [0, 0.1) is 0 Å². The molecule has 0 spiro atoms. The van der Waals surface area contributed by atoms with Gasteiger partial charge in [-0.25, -0.2) is 4.79 Å². The van der Waals surface area contributed by atoms with E-state index in [2.05, 4.69) is 0 Å². The molecule has 0 saturated carbocycles. The highest BCUT2D eigenvalue weighted by atomic mass is 16.4. The van der Waals surface area contributed by atoms with Gasteiger partial charge in [0, 0.05) is 13.0 Å². The number of piperidine rings is 1. The van der Waals surface area contributed by atoms with Crippen molar-refractivity contribution in [1.29, 1.82) is 0 Å². The Hall–Kier alpha value is -1.06. The monoisotopic (exact) mass is 213 g/mol. The number of amides is 1. The minimum atomic E-state index is -1.01. The van der Waals surface area contributed by atoms with E-state index >= 15 is 0 Å². The van der Waals surface area contributed by atoms with E-state index in [4.69, 9.17) is 0 Å². The van der Waals surface area contributed by atoms with Crippen molar-refractivity contribution < 1.29 is 14.7 Å². The lowest BCUT2D eigenvalue weighted by molar-refractivity contribution is -0.160. The molecular formula is C11H19NO3. The average Bonchev–Trinajstić information content (AvgIpc) is 2.18. The van der Waals surface area contributed by atoms with Crippen molar-refractivity contribution in [2.24, 2.45) is 0 Å². The van der Waals surface area contributed by atoms with Crippen molar-refractivity contribution >= 4 is 11.9 Å². The number of hydrogen-bond donors (Lipinski definition) is 1. The standard InChI is InChI=1S/C11H19NO3/c1-3-7-11(2,10(14)15)12-8-5-4-6-9(12)13/h3-8H2,1-2H3,(H,14,15). The molecule has 1 rings (SSSR count). The molecule has 1 saturated heterocycles. The number of carboxylic acid groups (broad SMARTS) is 1. The van der Waals surface area contributed by atoms with Crippen LogP contribution in [0.1, 0.15) is 46.0 Å². The summed E-state index contributed by atoms with van der Waals surface area (Å²) in [5.74, 6) is -0.904. The van der Waals surface area contributed by atoms with E-state index in [-0.39, 0.29) is 5.91 Å². The van der Waals surface area contributed by atoms with Crippen molar-refractivity contribution in [3.8, 4) is 0 Å². The van der Waals surface area contributed by atoms with Crippen molar-refractivity contribution in [3.05, 3.63) is 0 Å². The molecule has 1 fully saturated rings.